The van der Waals surface area contributed by atoms with Gasteiger partial charge in [-0.2, -0.15) is 0 Å². The van der Waals surface area contributed by atoms with Crippen molar-refractivity contribution in [2.45, 2.75) is 13.0 Å². The van der Waals surface area contributed by atoms with Crippen LogP contribution in [0.5, 0.6) is 0 Å². The molecule has 1 atom stereocenters. The van der Waals surface area contributed by atoms with Gasteiger partial charge in [0.1, 0.15) is 6.10 Å². The van der Waals surface area contributed by atoms with E-state index in [4.69, 9.17) is 9.84 Å². The summed E-state index contributed by atoms with van der Waals surface area (Å²) < 4.78 is 5.05. The number of nitrogens with zero attached hydrogens (tertiary/aromatic N) is 1. The Morgan fingerprint density at radius 3 is 2.84 bits per heavy atom. The van der Waals surface area contributed by atoms with E-state index in [2.05, 4.69) is 4.98 Å². The minimum Gasteiger partial charge on any atom is -0.441 e. The largest absolute Gasteiger partial charge is 0.441 e. The van der Waals surface area contributed by atoms with Gasteiger partial charge in [-0.1, -0.05) is 6.07 Å². The summed E-state index contributed by atoms with van der Waals surface area (Å²) in [6.45, 7) is 2.05. The van der Waals surface area contributed by atoms with Crippen molar-refractivity contribution >= 4 is 33.9 Å². The first-order valence-electron chi connectivity index (χ1n) is 7.87. The lowest BCUT2D eigenvalue weighted by Crippen LogP contribution is -2.25. The lowest BCUT2D eigenvalue weighted by molar-refractivity contribution is 0.0963. The van der Waals surface area contributed by atoms with Gasteiger partial charge in [-0.15, -0.1) is 11.3 Å². The summed E-state index contributed by atoms with van der Waals surface area (Å²) in [5.74, 6) is 0. The zero-order chi connectivity index (χ0) is 17.6. The smallest absolute Gasteiger partial charge is 0.414 e. The molecule has 7 heteroatoms. The normalized spacial score (nSPS) is 17.3. The molecule has 0 unspecified atom stereocenters. The fourth-order valence-electron chi connectivity index (χ4n) is 3.01. The number of pyridine rings is 1. The number of carbonyl (C=O) groups is 1. The molecule has 1 aromatic carbocycles. The van der Waals surface area contributed by atoms with E-state index < -0.39 is 12.2 Å². The van der Waals surface area contributed by atoms with Crippen LogP contribution in [-0.2, 0) is 4.74 Å². The van der Waals surface area contributed by atoms with Crippen molar-refractivity contribution in [1.29, 1.82) is 0 Å². The average Bonchev–Trinajstić information content (AvgIpc) is 3.20. The number of H-pyrrole nitrogens is 1. The predicted molar refractivity (Wildman–Crippen MR) is 97.3 cm³/mol. The second kappa shape index (κ2) is 6.02. The first kappa shape index (κ1) is 15.9. The van der Waals surface area contributed by atoms with Crippen LogP contribution in [-0.4, -0.2) is 35.4 Å². The number of aliphatic hydroxyl groups is 1. The Labute approximate surface area is 147 Å². The molecule has 0 bridgehead atoms. The van der Waals surface area contributed by atoms with E-state index in [1.165, 1.54) is 4.90 Å². The summed E-state index contributed by atoms with van der Waals surface area (Å²) in [5, 5.41) is 12.5. The number of amides is 1. The molecule has 0 saturated carbocycles. The predicted octanol–water partition coefficient (Wildman–Crippen LogP) is 2.88. The average molecular weight is 356 g/mol. The monoisotopic (exact) mass is 356 g/mol. The number of thiophene rings is 1. The molecule has 1 aliphatic rings. The number of cyclic esters (lactones) is 1. The minimum absolute atomic E-state index is 0.201. The molecule has 6 nitrogen and oxygen atoms in total. The van der Waals surface area contributed by atoms with Crippen LogP contribution in [0.1, 0.15) is 5.56 Å². The van der Waals surface area contributed by atoms with Gasteiger partial charge in [0, 0.05) is 11.1 Å². The summed E-state index contributed by atoms with van der Waals surface area (Å²) in [5.41, 5.74) is 2.29. The van der Waals surface area contributed by atoms with Gasteiger partial charge in [-0.3, -0.25) is 9.69 Å². The molecule has 4 rings (SSSR count). The van der Waals surface area contributed by atoms with Crippen LogP contribution in [0, 0.1) is 6.92 Å². The fraction of sp³-hybridized carbons (Fsp3) is 0.222. The summed E-state index contributed by atoms with van der Waals surface area (Å²) >= 11 is 1.58. The maximum atomic E-state index is 12.5. The van der Waals surface area contributed by atoms with E-state index in [9.17, 15) is 9.59 Å². The van der Waals surface area contributed by atoms with Crippen molar-refractivity contribution in [3.05, 3.63) is 51.6 Å². The molecule has 0 spiro atoms. The molecule has 3 heterocycles. The van der Waals surface area contributed by atoms with Crippen LogP contribution >= 0.6 is 11.3 Å². The first-order chi connectivity index (χ1) is 12.1. The number of aryl methyl sites for hydroxylation is 1. The number of fused-ring (bicyclic) bond motifs is 1. The maximum Gasteiger partial charge on any atom is 0.414 e. The number of aromatic amines is 1. The lowest BCUT2D eigenvalue weighted by atomic mass is 10.1. The standard InChI is InChI=1S/C18H16N2O4S/c1-10-4-5-25-16(10)15-6-11-2-3-12(7-14(11)17(22)19-15)20-8-13(9-21)24-18(20)23/h2-7,13,21H,8-9H2,1H3,(H,19,22)/t13-/m1/s1. The molecular formula is C18H16N2O4S. The highest BCUT2D eigenvalue weighted by molar-refractivity contribution is 7.13. The Balaban J connectivity index is 1.77. The van der Waals surface area contributed by atoms with Crippen molar-refractivity contribution in [3.63, 3.8) is 0 Å². The van der Waals surface area contributed by atoms with Crippen molar-refractivity contribution in [3.8, 4) is 10.6 Å². The lowest BCUT2D eigenvalue weighted by Gasteiger charge is -2.13. The third-order valence-corrected chi connectivity index (χ3v) is 5.38. The molecule has 1 aliphatic heterocycles. The maximum absolute atomic E-state index is 12.5. The molecule has 0 aliphatic carbocycles. The quantitative estimate of drug-likeness (QED) is 0.756. The van der Waals surface area contributed by atoms with E-state index in [-0.39, 0.29) is 18.7 Å². The number of hydrogen-bond donors (Lipinski definition) is 2. The van der Waals surface area contributed by atoms with Gasteiger partial charge in [-0.25, -0.2) is 4.79 Å². The second-order valence-corrected chi connectivity index (χ2v) is 6.93. The molecule has 25 heavy (non-hydrogen) atoms. The number of anilines is 1. The van der Waals surface area contributed by atoms with E-state index in [1.54, 1.807) is 23.5 Å². The van der Waals surface area contributed by atoms with Crippen molar-refractivity contribution in [2.24, 2.45) is 0 Å². The molecule has 1 amide bonds. The van der Waals surface area contributed by atoms with E-state index >= 15 is 0 Å². The highest BCUT2D eigenvalue weighted by atomic mass is 32.1. The van der Waals surface area contributed by atoms with Crippen molar-refractivity contribution in [1.82, 2.24) is 4.98 Å². The number of hydrogen-bond acceptors (Lipinski definition) is 5. The fourth-order valence-corrected chi connectivity index (χ4v) is 3.91. The topological polar surface area (TPSA) is 82.6 Å². The van der Waals surface area contributed by atoms with Gasteiger partial charge >= 0.3 is 6.09 Å². The molecule has 1 fully saturated rings. The van der Waals surface area contributed by atoms with E-state index in [1.807, 2.05) is 30.5 Å². The highest BCUT2D eigenvalue weighted by Gasteiger charge is 2.31. The molecule has 2 aromatic heterocycles. The number of aromatic nitrogens is 1. The number of rotatable bonds is 3. The molecule has 3 aromatic rings. The van der Waals surface area contributed by atoms with E-state index in [0.717, 1.165) is 21.5 Å². The summed E-state index contributed by atoms with van der Waals surface area (Å²) in [6, 6.07) is 9.25. The summed E-state index contributed by atoms with van der Waals surface area (Å²) in [6.07, 6.45) is -1.05. The number of carbonyl (C=O) groups excluding carboxylic acids is 1. The second-order valence-electron chi connectivity index (χ2n) is 6.02. The highest BCUT2D eigenvalue weighted by Crippen LogP contribution is 2.30. The third-order valence-electron chi connectivity index (χ3n) is 4.33. The minimum atomic E-state index is -0.536. The number of aliphatic hydroxyl groups excluding tert-OH is 1. The number of ether oxygens (including phenoxy) is 1. The van der Waals surface area contributed by atoms with Crippen LogP contribution < -0.4 is 10.5 Å². The molecular weight excluding hydrogens is 340 g/mol. The van der Waals surface area contributed by atoms with Crippen molar-refractivity contribution < 1.29 is 14.6 Å². The SMILES string of the molecule is Cc1ccsc1-c1cc2ccc(N3C[C@H](CO)OC3=O)cc2c(=O)[nH]1. The molecule has 1 saturated heterocycles. The third kappa shape index (κ3) is 2.71. The Morgan fingerprint density at radius 2 is 2.16 bits per heavy atom. The summed E-state index contributed by atoms with van der Waals surface area (Å²) in [7, 11) is 0. The van der Waals surface area contributed by atoms with Crippen LogP contribution in [0.3, 0.4) is 0 Å². The Hall–Kier alpha value is -2.64. The van der Waals surface area contributed by atoms with Gasteiger partial charge in [-0.05, 0) is 47.5 Å². The first-order valence-corrected chi connectivity index (χ1v) is 8.75. The van der Waals surface area contributed by atoms with Gasteiger partial charge in [0.25, 0.3) is 5.56 Å². The zero-order valence-electron chi connectivity index (χ0n) is 13.5. The Morgan fingerprint density at radius 1 is 1.32 bits per heavy atom. The number of benzene rings is 1. The molecule has 0 radical (unpaired) electrons. The van der Waals surface area contributed by atoms with Gasteiger partial charge in [0.05, 0.1) is 23.7 Å². The van der Waals surface area contributed by atoms with Crippen LogP contribution in [0.4, 0.5) is 10.5 Å². The van der Waals surface area contributed by atoms with E-state index in [0.29, 0.717) is 11.1 Å². The Bertz CT molecular complexity index is 1020. The Kier molecular flexibility index (Phi) is 3.82. The van der Waals surface area contributed by atoms with Gasteiger partial charge in [0.2, 0.25) is 0 Å². The van der Waals surface area contributed by atoms with Gasteiger partial charge < -0.3 is 14.8 Å². The number of nitrogens with one attached hydrogen (secondary N) is 1. The van der Waals surface area contributed by atoms with Crippen molar-refractivity contribution in [2.75, 3.05) is 18.1 Å². The van der Waals surface area contributed by atoms with Crippen LogP contribution in [0.25, 0.3) is 21.3 Å². The zero-order valence-corrected chi connectivity index (χ0v) is 14.3. The molecule has 2 N–H and O–H groups in total. The molecule has 128 valence electrons. The summed E-state index contributed by atoms with van der Waals surface area (Å²) in [4.78, 5) is 29.9. The van der Waals surface area contributed by atoms with Crippen LogP contribution in [0.15, 0.2) is 40.5 Å². The van der Waals surface area contributed by atoms with Crippen LogP contribution in [0.2, 0.25) is 0 Å². The van der Waals surface area contributed by atoms with Gasteiger partial charge in [0.15, 0.2) is 0 Å².